The van der Waals surface area contributed by atoms with Gasteiger partial charge in [0.15, 0.2) is 0 Å². The molecule has 0 spiro atoms. The molecule has 0 saturated carbocycles. The highest BCUT2D eigenvalue weighted by atomic mass is 32.2. The number of carbonyl (C=O) groups excluding carboxylic acids is 1. The number of benzene rings is 2. The molecule has 7 nitrogen and oxygen atoms in total. The zero-order chi connectivity index (χ0) is 19.9. The minimum atomic E-state index is -3.55. The van der Waals surface area contributed by atoms with Gasteiger partial charge >= 0.3 is 0 Å². The minimum Gasteiger partial charge on any atom is -0.349 e. The molecule has 0 bridgehead atoms. The predicted molar refractivity (Wildman–Crippen MR) is 108 cm³/mol. The third-order valence-corrected chi connectivity index (χ3v) is 6.16. The van der Waals surface area contributed by atoms with Gasteiger partial charge in [0.2, 0.25) is 0 Å². The van der Waals surface area contributed by atoms with Crippen molar-refractivity contribution in [2.24, 2.45) is 12.0 Å². The number of fused-ring (bicyclic) bond motifs is 2. The van der Waals surface area contributed by atoms with E-state index >= 15 is 0 Å². The number of aliphatic imine (C=N–C) groups is 1. The maximum Gasteiger partial charge on any atom is 0.267 e. The van der Waals surface area contributed by atoms with Gasteiger partial charge in [-0.3, -0.25) is 14.5 Å². The van der Waals surface area contributed by atoms with Crippen LogP contribution < -0.4 is 10.0 Å². The third kappa shape index (κ3) is 3.16. The first-order valence-corrected chi connectivity index (χ1v) is 10.4. The largest absolute Gasteiger partial charge is 0.349 e. The highest BCUT2D eigenvalue weighted by molar-refractivity contribution is 7.90. The van der Waals surface area contributed by atoms with E-state index in [2.05, 4.69) is 15.0 Å². The molecule has 1 aliphatic rings. The quantitative estimate of drug-likeness (QED) is 0.660. The van der Waals surface area contributed by atoms with Crippen molar-refractivity contribution in [2.45, 2.75) is 11.8 Å². The first-order chi connectivity index (χ1) is 13.4. The van der Waals surface area contributed by atoms with Gasteiger partial charge in [0.05, 0.1) is 11.4 Å². The van der Waals surface area contributed by atoms with Gasteiger partial charge in [-0.05, 0) is 37.3 Å². The molecular formula is C20H20N4O3S. The third-order valence-electron chi connectivity index (χ3n) is 4.76. The topological polar surface area (TPSA) is 92.6 Å². The molecule has 1 aliphatic heterocycles. The molecule has 4 rings (SSSR count). The lowest BCUT2D eigenvalue weighted by Gasteiger charge is -2.06. The minimum absolute atomic E-state index is 0.191. The van der Waals surface area contributed by atoms with E-state index in [-0.39, 0.29) is 17.3 Å². The number of amidine groups is 1. The van der Waals surface area contributed by atoms with Crippen LogP contribution in [0.15, 0.2) is 58.4 Å². The van der Waals surface area contributed by atoms with Crippen LogP contribution >= 0.6 is 0 Å². The Morgan fingerprint density at radius 2 is 1.96 bits per heavy atom. The molecule has 0 atom stereocenters. The van der Waals surface area contributed by atoms with Gasteiger partial charge < -0.3 is 9.88 Å². The van der Waals surface area contributed by atoms with Crippen molar-refractivity contribution in [3.8, 4) is 0 Å². The standard InChI is InChI=1S/C20H20N4O3S/c1-13-7-8-16-14(11-13)12-17(24(16)2)20(25)22-10-9-21-19-15-5-3-4-6-18(15)28(26,27)23-19/h3-8,11-12H,9-10H2,1-2H3,(H,21,23)(H,22,25). The Kier molecular flexibility index (Phi) is 4.43. The molecule has 3 aromatic rings. The number of sulfonamides is 1. The number of rotatable bonds is 4. The number of carbonyl (C=O) groups is 1. The second-order valence-corrected chi connectivity index (χ2v) is 8.39. The molecule has 1 aromatic heterocycles. The van der Waals surface area contributed by atoms with Crippen LogP contribution in [-0.2, 0) is 17.1 Å². The summed E-state index contributed by atoms with van der Waals surface area (Å²) in [5.41, 5.74) is 3.26. The molecule has 2 heterocycles. The second-order valence-electron chi connectivity index (χ2n) is 6.74. The van der Waals surface area contributed by atoms with Gasteiger partial charge in [-0.2, -0.15) is 0 Å². The van der Waals surface area contributed by atoms with Crippen molar-refractivity contribution in [2.75, 3.05) is 13.1 Å². The molecule has 8 heteroatoms. The summed E-state index contributed by atoms with van der Waals surface area (Å²) in [5.74, 6) is 0.119. The summed E-state index contributed by atoms with van der Waals surface area (Å²) in [6.07, 6.45) is 0. The van der Waals surface area contributed by atoms with Crippen LogP contribution in [0.2, 0.25) is 0 Å². The Bertz CT molecular complexity index is 1230. The fraction of sp³-hybridized carbons (Fsp3) is 0.200. The number of hydrogen-bond donors (Lipinski definition) is 2. The van der Waals surface area contributed by atoms with E-state index in [0.29, 0.717) is 23.6 Å². The Labute approximate surface area is 163 Å². The van der Waals surface area contributed by atoms with Crippen molar-refractivity contribution in [1.29, 1.82) is 0 Å². The fourth-order valence-corrected chi connectivity index (χ4v) is 4.62. The molecule has 0 aliphatic carbocycles. The number of hydrogen-bond acceptors (Lipinski definition) is 4. The SMILES string of the molecule is Cc1ccc2c(c1)cc(C(=O)NCCN=C1NS(=O)(=O)c3ccccc31)n2C. The number of aromatic nitrogens is 1. The highest BCUT2D eigenvalue weighted by Crippen LogP contribution is 2.22. The first-order valence-electron chi connectivity index (χ1n) is 8.88. The Morgan fingerprint density at radius 3 is 2.79 bits per heavy atom. The van der Waals surface area contributed by atoms with Crippen molar-refractivity contribution < 1.29 is 13.2 Å². The summed E-state index contributed by atoms with van der Waals surface area (Å²) in [5, 5.41) is 3.86. The lowest BCUT2D eigenvalue weighted by atomic mass is 10.2. The van der Waals surface area contributed by atoms with E-state index in [1.165, 1.54) is 0 Å². The zero-order valence-electron chi connectivity index (χ0n) is 15.6. The first kappa shape index (κ1) is 18.2. The summed E-state index contributed by atoms with van der Waals surface area (Å²) in [7, 11) is -1.69. The van der Waals surface area contributed by atoms with Crippen LogP contribution in [0.5, 0.6) is 0 Å². The van der Waals surface area contributed by atoms with E-state index in [1.807, 2.05) is 42.8 Å². The maximum atomic E-state index is 12.5. The molecule has 28 heavy (non-hydrogen) atoms. The van der Waals surface area contributed by atoms with E-state index in [9.17, 15) is 13.2 Å². The van der Waals surface area contributed by atoms with Gasteiger partial charge in [0.25, 0.3) is 15.9 Å². The zero-order valence-corrected chi connectivity index (χ0v) is 16.4. The summed E-state index contributed by atoms with van der Waals surface area (Å²) in [6, 6.07) is 14.6. The van der Waals surface area contributed by atoms with Gasteiger partial charge in [-0.25, -0.2) is 8.42 Å². The van der Waals surface area contributed by atoms with Crippen LogP contribution in [0.1, 0.15) is 21.6 Å². The molecule has 0 radical (unpaired) electrons. The van der Waals surface area contributed by atoms with Crippen molar-refractivity contribution in [3.05, 3.63) is 65.4 Å². The van der Waals surface area contributed by atoms with E-state index in [1.54, 1.807) is 24.3 Å². The maximum absolute atomic E-state index is 12.5. The fourth-order valence-electron chi connectivity index (χ4n) is 3.37. The number of aryl methyl sites for hydroxylation is 2. The van der Waals surface area contributed by atoms with Crippen LogP contribution in [0, 0.1) is 6.92 Å². The second kappa shape index (κ2) is 6.79. The molecule has 2 aromatic carbocycles. The van der Waals surface area contributed by atoms with Crippen LogP contribution in [0.25, 0.3) is 10.9 Å². The van der Waals surface area contributed by atoms with Crippen molar-refractivity contribution in [1.82, 2.24) is 14.6 Å². The van der Waals surface area contributed by atoms with E-state index in [0.717, 1.165) is 16.5 Å². The molecule has 0 unspecified atom stereocenters. The summed E-state index contributed by atoms with van der Waals surface area (Å²) >= 11 is 0. The molecule has 2 N–H and O–H groups in total. The van der Waals surface area contributed by atoms with Crippen molar-refractivity contribution >= 4 is 32.7 Å². The summed E-state index contributed by atoms with van der Waals surface area (Å²) < 4.78 is 28.5. The van der Waals surface area contributed by atoms with Gasteiger partial charge in [0.1, 0.15) is 11.5 Å². The van der Waals surface area contributed by atoms with Crippen LogP contribution in [-0.4, -0.2) is 37.8 Å². The Balaban J connectivity index is 1.44. The highest BCUT2D eigenvalue weighted by Gasteiger charge is 2.29. The normalized spacial score (nSPS) is 16.1. The van der Waals surface area contributed by atoms with Gasteiger partial charge in [0, 0.05) is 30.1 Å². The van der Waals surface area contributed by atoms with E-state index < -0.39 is 10.0 Å². The van der Waals surface area contributed by atoms with Gasteiger partial charge in [-0.1, -0.05) is 23.8 Å². The number of nitrogens with one attached hydrogen (secondary N) is 2. The monoisotopic (exact) mass is 396 g/mol. The molecular weight excluding hydrogens is 376 g/mol. The molecule has 1 amide bonds. The van der Waals surface area contributed by atoms with Crippen molar-refractivity contribution in [3.63, 3.8) is 0 Å². The number of nitrogens with zero attached hydrogens (tertiary/aromatic N) is 2. The lowest BCUT2D eigenvalue weighted by Crippen LogP contribution is -2.29. The molecule has 0 fully saturated rings. The van der Waals surface area contributed by atoms with Crippen LogP contribution in [0.4, 0.5) is 0 Å². The molecule has 0 saturated heterocycles. The smallest absolute Gasteiger partial charge is 0.267 e. The summed E-state index contributed by atoms with van der Waals surface area (Å²) in [4.78, 5) is 17.1. The predicted octanol–water partition coefficient (Wildman–Crippen LogP) is 1.96. The Morgan fingerprint density at radius 1 is 1.18 bits per heavy atom. The molecule has 144 valence electrons. The lowest BCUT2D eigenvalue weighted by molar-refractivity contribution is 0.0947. The Hall–Kier alpha value is -3.13. The summed E-state index contributed by atoms with van der Waals surface area (Å²) in [6.45, 7) is 2.58. The van der Waals surface area contributed by atoms with Gasteiger partial charge in [-0.15, -0.1) is 0 Å². The average molecular weight is 396 g/mol. The van der Waals surface area contributed by atoms with E-state index in [4.69, 9.17) is 0 Å². The number of amides is 1. The average Bonchev–Trinajstić information content (AvgIpc) is 3.13. The van der Waals surface area contributed by atoms with Crippen LogP contribution in [0.3, 0.4) is 0 Å².